The molecule has 27 heavy (non-hydrogen) atoms. The fourth-order valence-corrected chi connectivity index (χ4v) is 3.59. The summed E-state index contributed by atoms with van der Waals surface area (Å²) in [6, 6.07) is 13.1. The number of amides is 1. The number of sulfone groups is 1. The maximum atomic E-state index is 12.8. The van der Waals surface area contributed by atoms with Gasteiger partial charge in [0.15, 0.2) is 9.84 Å². The van der Waals surface area contributed by atoms with E-state index in [0.29, 0.717) is 23.6 Å². The van der Waals surface area contributed by atoms with Crippen molar-refractivity contribution in [3.63, 3.8) is 0 Å². The summed E-state index contributed by atoms with van der Waals surface area (Å²) in [6.45, 7) is 0.337. The highest BCUT2D eigenvalue weighted by Crippen LogP contribution is 2.21. The maximum Gasteiger partial charge on any atom is 0.258 e. The van der Waals surface area contributed by atoms with Gasteiger partial charge >= 0.3 is 0 Å². The normalized spacial score (nSPS) is 11.2. The standard InChI is InChI=1S/C19H18N2O4S2/c1-21(16-6-8-18(9-7-16)27(2,23)24)19(22)14-4-3-5-17(10-14)25-11-15-12-26-13-20-15/h3-10,12-13H,11H2,1-2H3. The topological polar surface area (TPSA) is 76.6 Å². The number of rotatable bonds is 6. The SMILES string of the molecule is CN(C(=O)c1cccc(OCc2cscn2)c1)c1ccc(S(C)(=O)=O)cc1. The van der Waals surface area contributed by atoms with Gasteiger partial charge in [-0.1, -0.05) is 6.07 Å². The summed E-state index contributed by atoms with van der Waals surface area (Å²) in [5.41, 5.74) is 3.64. The van der Waals surface area contributed by atoms with Gasteiger partial charge in [0.1, 0.15) is 12.4 Å². The Bertz CT molecular complexity index is 1030. The molecular formula is C19H18N2O4S2. The van der Waals surface area contributed by atoms with Crippen LogP contribution in [0.1, 0.15) is 16.1 Å². The molecule has 6 nitrogen and oxygen atoms in total. The Labute approximate surface area is 162 Å². The first-order valence-electron chi connectivity index (χ1n) is 8.03. The van der Waals surface area contributed by atoms with Crippen molar-refractivity contribution in [2.75, 3.05) is 18.2 Å². The summed E-state index contributed by atoms with van der Waals surface area (Å²) in [6.07, 6.45) is 1.15. The minimum absolute atomic E-state index is 0.213. The fraction of sp³-hybridized carbons (Fsp3) is 0.158. The van der Waals surface area contributed by atoms with Gasteiger partial charge in [-0.2, -0.15) is 0 Å². The molecule has 0 radical (unpaired) electrons. The van der Waals surface area contributed by atoms with E-state index >= 15 is 0 Å². The Balaban J connectivity index is 1.73. The lowest BCUT2D eigenvalue weighted by atomic mass is 10.1. The van der Waals surface area contributed by atoms with Crippen LogP contribution in [0.2, 0.25) is 0 Å². The molecule has 0 atom stereocenters. The Morgan fingerprint density at radius 1 is 1.19 bits per heavy atom. The number of benzene rings is 2. The molecule has 140 valence electrons. The first-order valence-corrected chi connectivity index (χ1v) is 10.9. The number of hydrogen-bond donors (Lipinski definition) is 0. The average molecular weight is 402 g/mol. The van der Waals surface area contributed by atoms with Crippen LogP contribution in [0.4, 0.5) is 5.69 Å². The van der Waals surface area contributed by atoms with Crippen LogP contribution in [0.25, 0.3) is 0 Å². The predicted octanol–water partition coefficient (Wildman–Crippen LogP) is 3.40. The van der Waals surface area contributed by atoms with Crippen molar-refractivity contribution in [1.82, 2.24) is 4.98 Å². The second-order valence-corrected chi connectivity index (χ2v) is 8.66. The third-order valence-corrected chi connectivity index (χ3v) is 5.67. The second-order valence-electron chi connectivity index (χ2n) is 5.93. The number of anilines is 1. The maximum absolute atomic E-state index is 12.8. The van der Waals surface area contributed by atoms with Crippen molar-refractivity contribution in [3.05, 3.63) is 70.7 Å². The lowest BCUT2D eigenvalue weighted by Gasteiger charge is -2.18. The summed E-state index contributed by atoms with van der Waals surface area (Å²) in [7, 11) is -1.63. The lowest BCUT2D eigenvalue weighted by molar-refractivity contribution is 0.0992. The molecule has 0 bridgehead atoms. The van der Waals surface area contributed by atoms with Gasteiger partial charge in [-0.3, -0.25) is 4.79 Å². The molecule has 1 aromatic heterocycles. The number of hydrogen-bond acceptors (Lipinski definition) is 6. The van der Waals surface area contributed by atoms with Gasteiger partial charge in [0, 0.05) is 29.9 Å². The molecular weight excluding hydrogens is 384 g/mol. The third kappa shape index (κ3) is 4.72. The molecule has 0 spiro atoms. The fourth-order valence-electron chi connectivity index (χ4n) is 2.41. The van der Waals surface area contributed by atoms with Crippen LogP contribution >= 0.6 is 11.3 Å². The molecule has 8 heteroatoms. The van der Waals surface area contributed by atoms with E-state index in [0.717, 1.165) is 11.9 Å². The molecule has 0 aliphatic carbocycles. The highest BCUT2D eigenvalue weighted by molar-refractivity contribution is 7.90. The smallest absolute Gasteiger partial charge is 0.258 e. The van der Waals surface area contributed by atoms with Crippen LogP contribution in [0, 0.1) is 0 Å². The van der Waals surface area contributed by atoms with Gasteiger partial charge < -0.3 is 9.64 Å². The molecule has 0 aliphatic rings. The zero-order valence-electron chi connectivity index (χ0n) is 14.8. The van der Waals surface area contributed by atoms with Crippen molar-refractivity contribution < 1.29 is 17.9 Å². The van der Waals surface area contributed by atoms with Crippen molar-refractivity contribution >= 4 is 32.8 Å². The van der Waals surface area contributed by atoms with Crippen LogP contribution in [-0.4, -0.2) is 32.6 Å². The minimum Gasteiger partial charge on any atom is -0.487 e. The van der Waals surface area contributed by atoms with Gasteiger partial charge in [-0.25, -0.2) is 13.4 Å². The molecule has 0 saturated heterocycles. The Morgan fingerprint density at radius 2 is 1.93 bits per heavy atom. The molecule has 0 aliphatic heterocycles. The van der Waals surface area contributed by atoms with Crippen LogP contribution in [-0.2, 0) is 16.4 Å². The first kappa shape index (κ1) is 19.1. The van der Waals surface area contributed by atoms with Crippen LogP contribution < -0.4 is 9.64 Å². The average Bonchev–Trinajstić information content (AvgIpc) is 3.18. The van der Waals surface area contributed by atoms with E-state index in [-0.39, 0.29) is 10.8 Å². The molecule has 0 N–H and O–H groups in total. The third-order valence-electron chi connectivity index (χ3n) is 3.91. The predicted molar refractivity (Wildman–Crippen MR) is 105 cm³/mol. The largest absolute Gasteiger partial charge is 0.487 e. The molecule has 3 rings (SSSR count). The van der Waals surface area contributed by atoms with E-state index in [9.17, 15) is 13.2 Å². The first-order chi connectivity index (χ1) is 12.8. The van der Waals surface area contributed by atoms with Crippen molar-refractivity contribution in [1.29, 1.82) is 0 Å². The molecule has 3 aromatic rings. The van der Waals surface area contributed by atoms with Crippen molar-refractivity contribution in [2.24, 2.45) is 0 Å². The zero-order chi connectivity index (χ0) is 19.4. The van der Waals surface area contributed by atoms with E-state index < -0.39 is 9.84 Å². The van der Waals surface area contributed by atoms with E-state index in [4.69, 9.17) is 4.74 Å². The molecule has 0 saturated carbocycles. The summed E-state index contributed by atoms with van der Waals surface area (Å²) in [5, 5.41) is 1.91. The number of aromatic nitrogens is 1. The highest BCUT2D eigenvalue weighted by Gasteiger charge is 2.15. The quantitative estimate of drug-likeness (QED) is 0.632. The molecule has 0 unspecified atom stereocenters. The van der Waals surface area contributed by atoms with E-state index in [1.54, 1.807) is 49.0 Å². The summed E-state index contributed by atoms with van der Waals surface area (Å²) < 4.78 is 28.8. The Hall–Kier alpha value is -2.71. The van der Waals surface area contributed by atoms with E-state index in [1.807, 2.05) is 5.38 Å². The van der Waals surface area contributed by atoms with Crippen LogP contribution in [0.5, 0.6) is 5.75 Å². The molecule has 1 heterocycles. The van der Waals surface area contributed by atoms with Crippen LogP contribution in [0.15, 0.2) is 64.3 Å². The van der Waals surface area contributed by atoms with E-state index in [2.05, 4.69) is 4.98 Å². The molecule has 1 amide bonds. The Morgan fingerprint density at radius 3 is 2.56 bits per heavy atom. The Kier molecular flexibility index (Phi) is 5.57. The van der Waals surface area contributed by atoms with Gasteiger partial charge in [0.05, 0.1) is 16.1 Å². The van der Waals surface area contributed by atoms with Gasteiger partial charge in [0.25, 0.3) is 5.91 Å². The number of nitrogens with zero attached hydrogens (tertiary/aromatic N) is 2. The molecule has 2 aromatic carbocycles. The minimum atomic E-state index is -3.27. The number of carbonyl (C=O) groups excluding carboxylic acids is 1. The summed E-state index contributed by atoms with van der Waals surface area (Å²) in [4.78, 5) is 18.6. The second kappa shape index (κ2) is 7.89. The zero-order valence-corrected chi connectivity index (χ0v) is 16.5. The van der Waals surface area contributed by atoms with Gasteiger partial charge in [0.2, 0.25) is 0 Å². The van der Waals surface area contributed by atoms with Crippen LogP contribution in [0.3, 0.4) is 0 Å². The summed E-state index contributed by atoms with van der Waals surface area (Å²) >= 11 is 1.50. The molecule has 0 fully saturated rings. The van der Waals surface area contributed by atoms with E-state index in [1.165, 1.54) is 28.4 Å². The monoisotopic (exact) mass is 402 g/mol. The van der Waals surface area contributed by atoms with Crippen molar-refractivity contribution in [2.45, 2.75) is 11.5 Å². The number of thiazole rings is 1. The van der Waals surface area contributed by atoms with Gasteiger partial charge in [-0.05, 0) is 42.5 Å². The highest BCUT2D eigenvalue weighted by atomic mass is 32.2. The number of carbonyl (C=O) groups is 1. The summed E-state index contributed by atoms with van der Waals surface area (Å²) in [5.74, 6) is 0.357. The van der Waals surface area contributed by atoms with Crippen molar-refractivity contribution in [3.8, 4) is 5.75 Å². The number of ether oxygens (including phenoxy) is 1. The van der Waals surface area contributed by atoms with Gasteiger partial charge in [-0.15, -0.1) is 11.3 Å². The lowest BCUT2D eigenvalue weighted by Crippen LogP contribution is -2.26.